The first kappa shape index (κ1) is 11.4. The molecule has 0 spiro atoms. The Balaban J connectivity index is 3.49. The fourth-order valence-corrected chi connectivity index (χ4v) is 1.96. The third-order valence-electron chi connectivity index (χ3n) is 2.53. The average molecular weight is 210 g/mol. The number of phenolic OH excluding ortho intramolecular Hbond substituents is 1. The maximum absolute atomic E-state index is 9.70. The Hall–Kier alpha value is -0.630. The largest absolute Gasteiger partial charge is 0.507 e. The van der Waals surface area contributed by atoms with Gasteiger partial charge in [-0.1, -0.05) is 26.8 Å². The molecule has 0 aliphatic heterocycles. The Morgan fingerprint density at radius 1 is 1.21 bits per heavy atom. The summed E-state index contributed by atoms with van der Waals surface area (Å²) in [5.74, 6) is 0.304. The summed E-state index contributed by atoms with van der Waals surface area (Å²) in [7, 11) is 0. The lowest BCUT2D eigenvalue weighted by atomic mass is 9.83. The summed E-state index contributed by atoms with van der Waals surface area (Å²) >= 11 is 4.33. The van der Waals surface area contributed by atoms with Gasteiger partial charge in [0.2, 0.25) is 0 Å². The molecule has 2 heteroatoms. The first-order valence-corrected chi connectivity index (χ1v) is 5.22. The lowest BCUT2D eigenvalue weighted by molar-refractivity contribution is 0.455. The molecule has 0 aliphatic rings. The van der Waals surface area contributed by atoms with Gasteiger partial charge in [0, 0.05) is 4.90 Å². The zero-order valence-electron chi connectivity index (χ0n) is 9.47. The molecule has 14 heavy (non-hydrogen) atoms. The van der Waals surface area contributed by atoms with Crippen LogP contribution in [0.4, 0.5) is 0 Å². The quantitative estimate of drug-likeness (QED) is 0.627. The van der Waals surface area contributed by atoms with Gasteiger partial charge in [-0.2, -0.15) is 0 Å². The van der Waals surface area contributed by atoms with E-state index >= 15 is 0 Å². The van der Waals surface area contributed by atoms with Gasteiger partial charge in [0.1, 0.15) is 5.75 Å². The van der Waals surface area contributed by atoms with E-state index in [1.807, 2.05) is 19.9 Å². The second-order valence-corrected chi connectivity index (χ2v) is 5.26. The van der Waals surface area contributed by atoms with Crippen molar-refractivity contribution in [1.29, 1.82) is 0 Å². The van der Waals surface area contributed by atoms with Crippen molar-refractivity contribution < 1.29 is 5.11 Å². The van der Waals surface area contributed by atoms with E-state index in [4.69, 9.17) is 0 Å². The average Bonchev–Trinajstić information content (AvgIpc) is 2.06. The summed E-state index contributed by atoms with van der Waals surface area (Å²) < 4.78 is 0. The first-order valence-electron chi connectivity index (χ1n) is 4.77. The molecule has 0 heterocycles. The van der Waals surface area contributed by atoms with Gasteiger partial charge < -0.3 is 5.11 Å². The number of aromatic hydroxyl groups is 1. The molecule has 0 saturated carbocycles. The number of rotatable bonds is 0. The molecule has 78 valence electrons. The second kappa shape index (κ2) is 3.50. The van der Waals surface area contributed by atoms with E-state index in [-0.39, 0.29) is 5.41 Å². The van der Waals surface area contributed by atoms with Gasteiger partial charge in [0.25, 0.3) is 0 Å². The fraction of sp³-hybridized carbons (Fsp3) is 0.500. The molecule has 1 aromatic carbocycles. The summed E-state index contributed by atoms with van der Waals surface area (Å²) in [4.78, 5) is 0.704. The van der Waals surface area contributed by atoms with Crippen molar-refractivity contribution in [2.75, 3.05) is 0 Å². The van der Waals surface area contributed by atoms with Crippen LogP contribution >= 0.6 is 12.6 Å². The predicted molar refractivity (Wildman–Crippen MR) is 63.5 cm³/mol. The van der Waals surface area contributed by atoms with Crippen molar-refractivity contribution in [2.45, 2.75) is 44.9 Å². The number of phenols is 1. The van der Waals surface area contributed by atoms with Crippen molar-refractivity contribution in [2.24, 2.45) is 0 Å². The zero-order chi connectivity index (χ0) is 11.1. The van der Waals surface area contributed by atoms with E-state index in [1.54, 1.807) is 0 Å². The molecular formula is C12H18OS. The highest BCUT2D eigenvalue weighted by Gasteiger charge is 2.19. The van der Waals surface area contributed by atoms with E-state index in [1.165, 1.54) is 5.56 Å². The number of aryl methyl sites for hydroxylation is 1. The summed E-state index contributed by atoms with van der Waals surface area (Å²) in [5, 5.41) is 9.70. The topological polar surface area (TPSA) is 20.2 Å². The third-order valence-corrected chi connectivity index (χ3v) is 3.07. The molecule has 0 fully saturated rings. The minimum atomic E-state index is 0.0972. The molecule has 0 aromatic heterocycles. The van der Waals surface area contributed by atoms with Crippen molar-refractivity contribution in [3.63, 3.8) is 0 Å². The van der Waals surface area contributed by atoms with Gasteiger partial charge in [-0.3, -0.25) is 0 Å². The van der Waals surface area contributed by atoms with Crippen LogP contribution in [0.2, 0.25) is 0 Å². The Labute approximate surface area is 91.6 Å². The van der Waals surface area contributed by atoms with Gasteiger partial charge in [0.05, 0.1) is 0 Å². The molecule has 0 radical (unpaired) electrons. The highest BCUT2D eigenvalue weighted by Crippen LogP contribution is 2.36. The summed E-state index contributed by atoms with van der Waals surface area (Å²) in [6.07, 6.45) is 0. The highest BCUT2D eigenvalue weighted by molar-refractivity contribution is 7.80. The van der Waals surface area contributed by atoms with Gasteiger partial charge in [-0.25, -0.2) is 0 Å². The fourth-order valence-electron chi connectivity index (χ4n) is 1.66. The number of hydrogen-bond donors (Lipinski definition) is 2. The molecule has 1 nitrogen and oxygen atoms in total. The smallest absolute Gasteiger partial charge is 0.132 e. The minimum absolute atomic E-state index is 0.0972. The van der Waals surface area contributed by atoms with Crippen LogP contribution in [0.5, 0.6) is 5.75 Å². The summed E-state index contributed by atoms with van der Waals surface area (Å²) in [6.45, 7) is 10.4. The van der Waals surface area contributed by atoms with Crippen molar-refractivity contribution in [3.05, 3.63) is 22.8 Å². The normalized spacial score (nSPS) is 11.9. The van der Waals surface area contributed by atoms with E-state index in [0.29, 0.717) is 10.6 Å². The Morgan fingerprint density at radius 3 is 2.14 bits per heavy atom. The SMILES string of the molecule is Cc1cc(C(C)(C)C)c(C)c(S)c1O. The van der Waals surface area contributed by atoms with Crippen LogP contribution in [0.3, 0.4) is 0 Å². The maximum Gasteiger partial charge on any atom is 0.132 e. The van der Waals surface area contributed by atoms with Crippen LogP contribution in [0.1, 0.15) is 37.5 Å². The minimum Gasteiger partial charge on any atom is -0.507 e. The molecule has 0 bridgehead atoms. The Kier molecular flexibility index (Phi) is 2.86. The molecule has 1 aromatic rings. The molecule has 0 amide bonds. The highest BCUT2D eigenvalue weighted by atomic mass is 32.1. The monoisotopic (exact) mass is 210 g/mol. The van der Waals surface area contributed by atoms with Crippen LogP contribution in [-0.2, 0) is 5.41 Å². The van der Waals surface area contributed by atoms with E-state index < -0.39 is 0 Å². The summed E-state index contributed by atoms with van der Waals surface area (Å²) in [5.41, 5.74) is 3.31. The predicted octanol–water partition coefficient (Wildman–Crippen LogP) is 3.60. The standard InChI is InChI=1S/C12H18OS/c1-7-6-9(12(3,4)5)8(2)11(14)10(7)13/h6,13-14H,1-5H3. The number of benzene rings is 1. The van der Waals surface area contributed by atoms with Crippen molar-refractivity contribution in [3.8, 4) is 5.75 Å². The van der Waals surface area contributed by atoms with Gasteiger partial charge in [0.15, 0.2) is 0 Å². The van der Waals surface area contributed by atoms with Crippen LogP contribution in [-0.4, -0.2) is 5.11 Å². The van der Waals surface area contributed by atoms with Crippen LogP contribution < -0.4 is 0 Å². The van der Waals surface area contributed by atoms with Gasteiger partial charge in [-0.05, 0) is 36.0 Å². The third kappa shape index (κ3) is 1.90. The zero-order valence-corrected chi connectivity index (χ0v) is 10.4. The molecular weight excluding hydrogens is 192 g/mol. The van der Waals surface area contributed by atoms with Gasteiger partial charge in [-0.15, -0.1) is 12.6 Å². The summed E-state index contributed by atoms with van der Waals surface area (Å²) in [6, 6.07) is 2.05. The molecule has 1 rings (SSSR count). The maximum atomic E-state index is 9.70. The molecule has 1 N–H and O–H groups in total. The molecule has 0 saturated heterocycles. The number of thiol groups is 1. The van der Waals surface area contributed by atoms with E-state index in [0.717, 1.165) is 11.1 Å². The first-order chi connectivity index (χ1) is 6.25. The molecule has 0 atom stereocenters. The lowest BCUT2D eigenvalue weighted by Gasteiger charge is -2.24. The van der Waals surface area contributed by atoms with Gasteiger partial charge >= 0.3 is 0 Å². The van der Waals surface area contributed by atoms with Crippen LogP contribution in [0, 0.1) is 13.8 Å². The molecule has 0 aliphatic carbocycles. The lowest BCUT2D eigenvalue weighted by Crippen LogP contribution is -2.13. The Morgan fingerprint density at radius 2 is 1.71 bits per heavy atom. The van der Waals surface area contributed by atoms with E-state index in [2.05, 4.69) is 33.4 Å². The molecule has 0 unspecified atom stereocenters. The second-order valence-electron chi connectivity index (χ2n) is 4.81. The Bertz CT molecular complexity index is 362. The van der Waals surface area contributed by atoms with Crippen molar-refractivity contribution >= 4 is 12.6 Å². The number of hydrogen-bond acceptors (Lipinski definition) is 2. The van der Waals surface area contributed by atoms with E-state index in [9.17, 15) is 5.11 Å². The van der Waals surface area contributed by atoms with Crippen LogP contribution in [0.25, 0.3) is 0 Å². The van der Waals surface area contributed by atoms with Crippen molar-refractivity contribution in [1.82, 2.24) is 0 Å². The van der Waals surface area contributed by atoms with Crippen LogP contribution in [0.15, 0.2) is 11.0 Å².